The second-order valence-corrected chi connectivity index (χ2v) is 5.17. The molecule has 1 aliphatic rings. The number of hydrogen-bond donors (Lipinski definition) is 3. The highest BCUT2D eigenvalue weighted by Gasteiger charge is 2.31. The maximum absolute atomic E-state index is 12.3. The van der Waals surface area contributed by atoms with Gasteiger partial charge in [0, 0.05) is 11.8 Å². The molecule has 4 N–H and O–H groups in total. The van der Waals surface area contributed by atoms with Gasteiger partial charge in [0.1, 0.15) is 5.82 Å². The zero-order chi connectivity index (χ0) is 18.1. The van der Waals surface area contributed by atoms with Crippen LogP contribution in [0.5, 0.6) is 0 Å². The summed E-state index contributed by atoms with van der Waals surface area (Å²) in [6.07, 6.45) is -0.598. The standard InChI is InChI=1S/C16H14N4O5/c1-2-25-16(24)18-8-3-5-9(6-4-8)20-11(21)7-10-12(13(20)17)15(23)19-14(10)22/h3-7H,2,17H2,1H3,(H,18,24)(H,19,22,23). The number of benzene rings is 1. The number of anilines is 2. The number of carbonyl (C=O) groups excluding carboxylic acids is 3. The number of aromatic nitrogens is 1. The molecule has 0 saturated carbocycles. The first-order valence-corrected chi connectivity index (χ1v) is 7.37. The van der Waals surface area contributed by atoms with Crippen LogP contribution in [0.15, 0.2) is 35.1 Å². The second-order valence-electron chi connectivity index (χ2n) is 5.17. The van der Waals surface area contributed by atoms with Crippen molar-refractivity contribution in [3.63, 3.8) is 0 Å². The van der Waals surface area contributed by atoms with Crippen molar-refractivity contribution < 1.29 is 19.1 Å². The van der Waals surface area contributed by atoms with Gasteiger partial charge in [0.15, 0.2) is 0 Å². The number of rotatable bonds is 3. The highest BCUT2D eigenvalue weighted by atomic mass is 16.5. The van der Waals surface area contributed by atoms with Crippen LogP contribution in [0.3, 0.4) is 0 Å². The molecule has 128 valence electrons. The van der Waals surface area contributed by atoms with Crippen molar-refractivity contribution in [2.75, 3.05) is 17.7 Å². The van der Waals surface area contributed by atoms with E-state index in [1.807, 2.05) is 0 Å². The average molecular weight is 342 g/mol. The third-order valence-corrected chi connectivity index (χ3v) is 3.60. The molecular formula is C16H14N4O5. The largest absolute Gasteiger partial charge is 0.450 e. The molecular weight excluding hydrogens is 328 g/mol. The van der Waals surface area contributed by atoms with Crippen molar-refractivity contribution in [2.45, 2.75) is 6.92 Å². The monoisotopic (exact) mass is 342 g/mol. The van der Waals surface area contributed by atoms with Crippen LogP contribution in [0.4, 0.5) is 16.3 Å². The number of nitrogens with one attached hydrogen (secondary N) is 2. The van der Waals surface area contributed by atoms with Gasteiger partial charge in [0.2, 0.25) is 0 Å². The third-order valence-electron chi connectivity index (χ3n) is 3.60. The summed E-state index contributed by atoms with van der Waals surface area (Å²) in [6.45, 7) is 1.93. The maximum Gasteiger partial charge on any atom is 0.411 e. The molecule has 0 spiro atoms. The number of imide groups is 1. The molecule has 1 aromatic heterocycles. The Balaban J connectivity index is 1.99. The first-order chi connectivity index (χ1) is 11.9. The highest BCUT2D eigenvalue weighted by molar-refractivity contribution is 6.23. The van der Waals surface area contributed by atoms with E-state index in [2.05, 4.69) is 10.6 Å². The zero-order valence-corrected chi connectivity index (χ0v) is 13.2. The fourth-order valence-corrected chi connectivity index (χ4v) is 2.52. The van der Waals surface area contributed by atoms with Crippen LogP contribution in [-0.4, -0.2) is 29.1 Å². The number of nitrogen functional groups attached to an aromatic ring is 1. The Labute approximate surface area is 141 Å². The summed E-state index contributed by atoms with van der Waals surface area (Å²) in [5.74, 6) is -1.42. The molecule has 0 bridgehead atoms. The minimum absolute atomic E-state index is 0.0293. The van der Waals surface area contributed by atoms with Crippen molar-refractivity contribution in [1.29, 1.82) is 0 Å². The van der Waals surface area contributed by atoms with E-state index in [0.717, 1.165) is 10.6 Å². The summed E-state index contributed by atoms with van der Waals surface area (Å²) >= 11 is 0. The Kier molecular flexibility index (Phi) is 3.97. The van der Waals surface area contributed by atoms with E-state index in [9.17, 15) is 19.2 Å². The molecule has 1 aromatic carbocycles. The minimum Gasteiger partial charge on any atom is -0.450 e. The van der Waals surface area contributed by atoms with Gasteiger partial charge in [-0.1, -0.05) is 0 Å². The normalized spacial score (nSPS) is 12.5. The summed E-state index contributed by atoms with van der Waals surface area (Å²) in [6, 6.07) is 7.25. The average Bonchev–Trinajstić information content (AvgIpc) is 2.83. The van der Waals surface area contributed by atoms with E-state index >= 15 is 0 Å². The number of hydrogen-bond acceptors (Lipinski definition) is 6. The Bertz CT molecular complexity index is 946. The highest BCUT2D eigenvalue weighted by Crippen LogP contribution is 2.23. The van der Waals surface area contributed by atoms with Crippen LogP contribution in [0.2, 0.25) is 0 Å². The Morgan fingerprint density at radius 2 is 1.88 bits per heavy atom. The molecule has 2 heterocycles. The molecule has 9 nitrogen and oxygen atoms in total. The second kappa shape index (κ2) is 6.11. The van der Waals surface area contributed by atoms with Crippen LogP contribution in [0.1, 0.15) is 27.6 Å². The molecule has 25 heavy (non-hydrogen) atoms. The van der Waals surface area contributed by atoms with Crippen LogP contribution >= 0.6 is 0 Å². The van der Waals surface area contributed by atoms with Crippen LogP contribution in [0, 0.1) is 0 Å². The molecule has 1 aliphatic heterocycles. The Hall–Kier alpha value is -3.62. The molecule has 0 unspecified atom stereocenters. The predicted octanol–water partition coefficient (Wildman–Crippen LogP) is 0.872. The van der Waals surface area contributed by atoms with E-state index in [0.29, 0.717) is 11.4 Å². The van der Waals surface area contributed by atoms with Crippen molar-refractivity contribution in [3.8, 4) is 5.69 Å². The third kappa shape index (κ3) is 2.82. The predicted molar refractivity (Wildman–Crippen MR) is 88.9 cm³/mol. The van der Waals surface area contributed by atoms with E-state index in [1.54, 1.807) is 31.2 Å². The fourth-order valence-electron chi connectivity index (χ4n) is 2.52. The maximum atomic E-state index is 12.3. The number of pyridine rings is 1. The number of amides is 3. The van der Waals surface area contributed by atoms with Gasteiger partial charge in [-0.3, -0.25) is 29.6 Å². The van der Waals surface area contributed by atoms with E-state index in [4.69, 9.17) is 10.5 Å². The van der Waals surface area contributed by atoms with E-state index < -0.39 is 23.5 Å². The number of carbonyl (C=O) groups is 3. The van der Waals surface area contributed by atoms with Crippen LogP contribution in [-0.2, 0) is 4.74 Å². The Morgan fingerprint density at radius 3 is 2.52 bits per heavy atom. The SMILES string of the molecule is CCOC(=O)Nc1ccc(-n2c(N)c3c(cc2=O)C(=O)NC3=O)cc1. The molecule has 0 atom stereocenters. The summed E-state index contributed by atoms with van der Waals surface area (Å²) < 4.78 is 5.89. The van der Waals surface area contributed by atoms with Crippen molar-refractivity contribution >= 4 is 29.4 Å². The molecule has 0 aliphatic carbocycles. The van der Waals surface area contributed by atoms with Crippen molar-refractivity contribution in [3.05, 3.63) is 51.8 Å². The number of fused-ring (bicyclic) bond motifs is 1. The zero-order valence-electron chi connectivity index (χ0n) is 13.2. The summed E-state index contributed by atoms with van der Waals surface area (Å²) in [4.78, 5) is 47.2. The molecule has 0 saturated heterocycles. The van der Waals surface area contributed by atoms with Crippen LogP contribution in [0.25, 0.3) is 5.69 Å². The van der Waals surface area contributed by atoms with Gasteiger partial charge in [-0.05, 0) is 31.2 Å². The number of nitrogens with zero attached hydrogens (tertiary/aromatic N) is 1. The lowest BCUT2D eigenvalue weighted by atomic mass is 10.1. The van der Waals surface area contributed by atoms with Gasteiger partial charge in [0.25, 0.3) is 17.4 Å². The topological polar surface area (TPSA) is 133 Å². The van der Waals surface area contributed by atoms with Gasteiger partial charge < -0.3 is 10.5 Å². The molecule has 3 rings (SSSR count). The van der Waals surface area contributed by atoms with Crippen molar-refractivity contribution in [1.82, 2.24) is 9.88 Å². The lowest BCUT2D eigenvalue weighted by molar-refractivity contribution is 0.0879. The summed E-state index contributed by atoms with van der Waals surface area (Å²) in [5, 5.41) is 4.62. The molecule has 9 heteroatoms. The first kappa shape index (κ1) is 16.2. The Morgan fingerprint density at radius 1 is 1.20 bits per heavy atom. The quantitative estimate of drug-likeness (QED) is 0.709. The first-order valence-electron chi connectivity index (χ1n) is 7.37. The molecule has 2 aromatic rings. The van der Waals surface area contributed by atoms with Gasteiger partial charge in [0.05, 0.1) is 23.4 Å². The smallest absolute Gasteiger partial charge is 0.411 e. The summed E-state index contributed by atoms with van der Waals surface area (Å²) in [5.41, 5.74) is 6.17. The lowest BCUT2D eigenvalue weighted by Gasteiger charge is -2.12. The minimum atomic E-state index is -0.648. The van der Waals surface area contributed by atoms with Gasteiger partial charge in [-0.2, -0.15) is 0 Å². The molecule has 3 amide bonds. The van der Waals surface area contributed by atoms with Gasteiger partial charge >= 0.3 is 6.09 Å². The molecule has 0 radical (unpaired) electrons. The van der Waals surface area contributed by atoms with Gasteiger partial charge in [-0.15, -0.1) is 0 Å². The van der Waals surface area contributed by atoms with E-state index in [-0.39, 0.29) is 23.6 Å². The van der Waals surface area contributed by atoms with Gasteiger partial charge in [-0.25, -0.2) is 4.79 Å². The lowest BCUT2D eigenvalue weighted by Crippen LogP contribution is -2.24. The summed E-state index contributed by atoms with van der Waals surface area (Å²) in [7, 11) is 0. The number of nitrogens with two attached hydrogens (primary N) is 1. The van der Waals surface area contributed by atoms with Crippen LogP contribution < -0.4 is 21.9 Å². The fraction of sp³-hybridized carbons (Fsp3) is 0.125. The van der Waals surface area contributed by atoms with E-state index in [1.165, 1.54) is 0 Å². The van der Waals surface area contributed by atoms with Crippen molar-refractivity contribution in [2.24, 2.45) is 0 Å². The number of ether oxygens (including phenoxy) is 1. The molecule has 0 fully saturated rings.